The van der Waals surface area contributed by atoms with Gasteiger partial charge in [-0.25, -0.2) is 4.39 Å². The van der Waals surface area contributed by atoms with Crippen molar-refractivity contribution in [2.45, 2.75) is 20.3 Å². The predicted molar refractivity (Wildman–Crippen MR) is 78.3 cm³/mol. The molecule has 0 bridgehead atoms. The number of hydrogen-bond donors (Lipinski definition) is 1. The van der Waals surface area contributed by atoms with Crippen LogP contribution in [0, 0.1) is 5.82 Å². The highest BCUT2D eigenvalue weighted by atomic mass is 19.1. The quantitative estimate of drug-likeness (QED) is 0.660. The maximum atomic E-state index is 13.2. The number of likely N-dealkylation sites (N-methyl/N-ethyl adjacent to an activating group) is 1. The molecule has 1 aromatic rings. The van der Waals surface area contributed by atoms with Crippen LogP contribution in [0.4, 0.5) is 10.1 Å². The van der Waals surface area contributed by atoms with Crippen molar-refractivity contribution >= 4 is 5.69 Å². The Labute approximate surface area is 115 Å². The number of nitrogens with one attached hydrogen (secondary N) is 1. The first kappa shape index (κ1) is 15.9. The van der Waals surface area contributed by atoms with Crippen LogP contribution in [0.2, 0.25) is 0 Å². The van der Waals surface area contributed by atoms with Crippen molar-refractivity contribution in [3.8, 4) is 0 Å². The average molecular weight is 268 g/mol. The molecule has 1 N–H and O–H groups in total. The van der Waals surface area contributed by atoms with Crippen LogP contribution in [-0.4, -0.2) is 39.4 Å². The molecule has 0 heterocycles. The van der Waals surface area contributed by atoms with Crippen molar-refractivity contribution in [3.63, 3.8) is 0 Å². The Morgan fingerprint density at radius 3 is 2.79 bits per heavy atom. The van der Waals surface area contributed by atoms with E-state index in [2.05, 4.69) is 17.1 Å². The minimum Gasteiger partial charge on any atom is -0.382 e. The summed E-state index contributed by atoms with van der Waals surface area (Å²) in [6.07, 6.45) is 1.03. The summed E-state index contributed by atoms with van der Waals surface area (Å²) in [5.41, 5.74) is 0.943. The van der Waals surface area contributed by atoms with Crippen molar-refractivity contribution in [2.75, 3.05) is 44.3 Å². The number of halogens is 1. The van der Waals surface area contributed by atoms with Crippen LogP contribution < -0.4 is 10.2 Å². The Morgan fingerprint density at radius 1 is 1.26 bits per heavy atom. The van der Waals surface area contributed by atoms with E-state index in [1.807, 2.05) is 13.0 Å². The van der Waals surface area contributed by atoms with Gasteiger partial charge in [-0.15, -0.1) is 0 Å². The van der Waals surface area contributed by atoms with Crippen molar-refractivity contribution < 1.29 is 9.13 Å². The maximum Gasteiger partial charge on any atom is 0.125 e. The first-order chi connectivity index (χ1) is 9.27. The van der Waals surface area contributed by atoms with Gasteiger partial charge in [0.05, 0.1) is 0 Å². The Morgan fingerprint density at radius 2 is 2.11 bits per heavy atom. The lowest BCUT2D eigenvalue weighted by Gasteiger charge is -2.23. The van der Waals surface area contributed by atoms with E-state index < -0.39 is 0 Å². The fraction of sp³-hybridized carbons (Fsp3) is 0.600. The monoisotopic (exact) mass is 268 g/mol. The summed E-state index contributed by atoms with van der Waals surface area (Å²) < 4.78 is 18.4. The zero-order valence-electron chi connectivity index (χ0n) is 12.0. The van der Waals surface area contributed by atoms with Gasteiger partial charge >= 0.3 is 0 Å². The van der Waals surface area contributed by atoms with Gasteiger partial charge in [-0.1, -0.05) is 6.07 Å². The number of anilines is 1. The molecule has 0 aliphatic carbocycles. The van der Waals surface area contributed by atoms with Crippen LogP contribution in [0.25, 0.3) is 0 Å². The number of hydrogen-bond acceptors (Lipinski definition) is 3. The van der Waals surface area contributed by atoms with Gasteiger partial charge in [0.1, 0.15) is 5.82 Å². The van der Waals surface area contributed by atoms with Crippen molar-refractivity contribution in [2.24, 2.45) is 0 Å². The lowest BCUT2D eigenvalue weighted by atomic mass is 10.2. The second-order valence-electron chi connectivity index (χ2n) is 4.36. The van der Waals surface area contributed by atoms with Crippen molar-refractivity contribution in [1.29, 1.82) is 0 Å². The first-order valence-electron chi connectivity index (χ1n) is 7.07. The van der Waals surface area contributed by atoms with Gasteiger partial charge in [-0.3, -0.25) is 0 Å². The van der Waals surface area contributed by atoms with Gasteiger partial charge in [0.25, 0.3) is 0 Å². The molecule has 0 atom stereocenters. The number of nitrogens with zero attached hydrogens (tertiary/aromatic N) is 1. The predicted octanol–water partition coefficient (Wildman–Crippen LogP) is 2.67. The molecule has 0 aliphatic rings. The molecule has 1 rings (SSSR count). The average Bonchev–Trinajstić information content (AvgIpc) is 2.42. The topological polar surface area (TPSA) is 24.5 Å². The zero-order valence-corrected chi connectivity index (χ0v) is 12.0. The smallest absolute Gasteiger partial charge is 0.125 e. The minimum absolute atomic E-state index is 0.180. The molecule has 0 fully saturated rings. The van der Waals surface area contributed by atoms with Gasteiger partial charge < -0.3 is 15.0 Å². The molecule has 19 heavy (non-hydrogen) atoms. The molecule has 0 aromatic heterocycles. The summed E-state index contributed by atoms with van der Waals surface area (Å²) in [4.78, 5) is 2.17. The second kappa shape index (κ2) is 9.75. The van der Waals surface area contributed by atoms with E-state index >= 15 is 0 Å². The Balaban J connectivity index is 2.22. The van der Waals surface area contributed by atoms with E-state index in [1.165, 1.54) is 6.07 Å². The van der Waals surface area contributed by atoms with Gasteiger partial charge in [-0.2, -0.15) is 0 Å². The fourth-order valence-corrected chi connectivity index (χ4v) is 1.93. The first-order valence-corrected chi connectivity index (χ1v) is 7.07. The molecule has 1 aromatic carbocycles. The standard InChI is InChI=1S/C15H25FN2O/c1-3-18(15-8-5-7-14(16)13-15)11-10-17-9-6-12-19-4-2/h5,7-8,13,17H,3-4,6,9-12H2,1-2H3. The molecule has 0 saturated heterocycles. The second-order valence-corrected chi connectivity index (χ2v) is 4.36. The van der Waals surface area contributed by atoms with Crippen molar-refractivity contribution in [1.82, 2.24) is 5.32 Å². The molecule has 4 heteroatoms. The van der Waals surface area contributed by atoms with E-state index in [0.717, 1.165) is 51.5 Å². The van der Waals surface area contributed by atoms with E-state index in [4.69, 9.17) is 4.74 Å². The lowest BCUT2D eigenvalue weighted by Crippen LogP contribution is -2.32. The molecule has 0 amide bonds. The van der Waals surface area contributed by atoms with E-state index in [0.29, 0.717) is 0 Å². The van der Waals surface area contributed by atoms with Gasteiger partial charge in [-0.05, 0) is 45.0 Å². The minimum atomic E-state index is -0.180. The molecule has 0 unspecified atom stereocenters. The van der Waals surface area contributed by atoms with Crippen LogP contribution in [0.15, 0.2) is 24.3 Å². The summed E-state index contributed by atoms with van der Waals surface area (Å²) in [6.45, 7) is 9.30. The largest absolute Gasteiger partial charge is 0.382 e. The number of ether oxygens (including phenoxy) is 1. The van der Waals surface area contributed by atoms with E-state index in [9.17, 15) is 4.39 Å². The third kappa shape index (κ3) is 6.55. The fourth-order valence-electron chi connectivity index (χ4n) is 1.93. The van der Waals surface area contributed by atoms with Crippen LogP contribution >= 0.6 is 0 Å². The molecule has 3 nitrogen and oxygen atoms in total. The Kier molecular flexibility index (Phi) is 8.18. The van der Waals surface area contributed by atoms with E-state index in [-0.39, 0.29) is 5.82 Å². The molecular weight excluding hydrogens is 243 g/mol. The maximum absolute atomic E-state index is 13.2. The number of rotatable bonds is 10. The molecule has 0 spiro atoms. The van der Waals surface area contributed by atoms with Crippen LogP contribution in [0.5, 0.6) is 0 Å². The van der Waals surface area contributed by atoms with Crippen LogP contribution in [-0.2, 0) is 4.74 Å². The third-order valence-electron chi connectivity index (χ3n) is 2.96. The summed E-state index contributed by atoms with van der Waals surface area (Å²) in [5, 5.41) is 3.38. The van der Waals surface area contributed by atoms with E-state index in [1.54, 1.807) is 12.1 Å². The highest BCUT2D eigenvalue weighted by molar-refractivity contribution is 5.46. The molecule has 0 saturated carbocycles. The van der Waals surface area contributed by atoms with Gasteiger partial charge in [0, 0.05) is 38.5 Å². The molecular formula is C15H25FN2O. The summed E-state index contributed by atoms with van der Waals surface area (Å²) >= 11 is 0. The highest BCUT2D eigenvalue weighted by Crippen LogP contribution is 2.14. The molecule has 0 radical (unpaired) electrons. The normalized spacial score (nSPS) is 10.7. The summed E-state index contributed by atoms with van der Waals surface area (Å²) in [5.74, 6) is -0.180. The Bertz CT molecular complexity index is 347. The SMILES string of the molecule is CCOCCCNCCN(CC)c1cccc(F)c1. The summed E-state index contributed by atoms with van der Waals surface area (Å²) in [6, 6.07) is 6.76. The summed E-state index contributed by atoms with van der Waals surface area (Å²) in [7, 11) is 0. The zero-order chi connectivity index (χ0) is 13.9. The van der Waals surface area contributed by atoms with Gasteiger partial charge in [0.15, 0.2) is 0 Å². The number of benzene rings is 1. The molecule has 108 valence electrons. The highest BCUT2D eigenvalue weighted by Gasteiger charge is 2.04. The van der Waals surface area contributed by atoms with Crippen molar-refractivity contribution in [3.05, 3.63) is 30.1 Å². The lowest BCUT2D eigenvalue weighted by molar-refractivity contribution is 0.145. The van der Waals surface area contributed by atoms with Crippen LogP contribution in [0.3, 0.4) is 0 Å². The Hall–Kier alpha value is -1.13. The molecule has 0 aliphatic heterocycles. The van der Waals surface area contributed by atoms with Gasteiger partial charge in [0.2, 0.25) is 0 Å². The third-order valence-corrected chi connectivity index (χ3v) is 2.96. The van der Waals surface area contributed by atoms with Crippen LogP contribution in [0.1, 0.15) is 20.3 Å².